The highest BCUT2D eigenvalue weighted by Gasteiger charge is 2.15. The maximum atomic E-state index is 8.78. The van der Waals surface area contributed by atoms with Gasteiger partial charge < -0.3 is 21.0 Å². The standard InChI is InChI=1S/C7H9N3O2S/c8-5-3(1-2-11)4-6(12-5)10-7(9)13-4/h11H,1-2,8H2,(H2,9,10). The molecule has 2 aromatic rings. The van der Waals surface area contributed by atoms with Gasteiger partial charge in [0.1, 0.15) is 4.70 Å². The number of thiazole rings is 1. The van der Waals surface area contributed by atoms with E-state index in [2.05, 4.69) is 4.98 Å². The summed E-state index contributed by atoms with van der Waals surface area (Å²) in [6, 6.07) is 0. The highest BCUT2D eigenvalue weighted by molar-refractivity contribution is 7.22. The average molecular weight is 199 g/mol. The molecule has 6 heteroatoms. The van der Waals surface area contributed by atoms with Gasteiger partial charge in [-0.05, 0) is 0 Å². The predicted octanol–water partition coefficient (Wildman–Crippen LogP) is 0.589. The van der Waals surface area contributed by atoms with Gasteiger partial charge in [0, 0.05) is 18.6 Å². The molecule has 0 unspecified atom stereocenters. The molecule has 2 aromatic heterocycles. The van der Waals surface area contributed by atoms with Crippen molar-refractivity contribution in [1.82, 2.24) is 4.98 Å². The molecule has 0 saturated heterocycles. The summed E-state index contributed by atoms with van der Waals surface area (Å²) in [4.78, 5) is 3.94. The number of fused-ring (bicyclic) bond motifs is 1. The minimum Gasteiger partial charge on any atom is -0.421 e. The number of nitrogens with two attached hydrogens (primary N) is 2. The number of rotatable bonds is 2. The Labute approximate surface area is 78.0 Å². The number of aromatic nitrogens is 1. The lowest BCUT2D eigenvalue weighted by Crippen LogP contribution is -1.93. The number of hydrogen-bond acceptors (Lipinski definition) is 6. The van der Waals surface area contributed by atoms with Crippen molar-refractivity contribution in [2.24, 2.45) is 0 Å². The zero-order valence-electron chi connectivity index (χ0n) is 6.78. The molecule has 0 spiro atoms. The molecule has 0 atom stereocenters. The van der Waals surface area contributed by atoms with Gasteiger partial charge in [-0.1, -0.05) is 11.3 Å². The van der Waals surface area contributed by atoms with Gasteiger partial charge in [0.05, 0.1) is 0 Å². The first kappa shape index (κ1) is 8.33. The summed E-state index contributed by atoms with van der Waals surface area (Å²) < 4.78 is 6.00. The first-order valence-electron chi connectivity index (χ1n) is 3.76. The highest BCUT2D eigenvalue weighted by Crippen LogP contribution is 2.33. The second-order valence-corrected chi connectivity index (χ2v) is 3.64. The molecule has 0 aliphatic carbocycles. The van der Waals surface area contributed by atoms with Crippen LogP contribution in [0.2, 0.25) is 0 Å². The highest BCUT2D eigenvalue weighted by atomic mass is 32.1. The Bertz CT molecular complexity index is 434. The Kier molecular flexibility index (Phi) is 1.86. The Morgan fingerprint density at radius 2 is 2.23 bits per heavy atom. The van der Waals surface area contributed by atoms with Crippen molar-refractivity contribution in [3.8, 4) is 0 Å². The van der Waals surface area contributed by atoms with E-state index in [4.69, 9.17) is 21.0 Å². The van der Waals surface area contributed by atoms with E-state index in [1.54, 1.807) is 0 Å². The molecule has 5 nitrogen and oxygen atoms in total. The lowest BCUT2D eigenvalue weighted by molar-refractivity contribution is 0.300. The van der Waals surface area contributed by atoms with Crippen LogP contribution in [0.1, 0.15) is 5.56 Å². The van der Waals surface area contributed by atoms with Crippen LogP contribution in [0.25, 0.3) is 10.4 Å². The molecule has 5 N–H and O–H groups in total. The molecule has 0 saturated carbocycles. The van der Waals surface area contributed by atoms with E-state index in [1.165, 1.54) is 11.3 Å². The third-order valence-corrected chi connectivity index (χ3v) is 2.68. The maximum Gasteiger partial charge on any atom is 0.241 e. The summed E-state index contributed by atoms with van der Waals surface area (Å²) in [6.07, 6.45) is 0.473. The summed E-state index contributed by atoms with van der Waals surface area (Å²) in [7, 11) is 0. The minimum absolute atomic E-state index is 0.0383. The number of aliphatic hydroxyl groups excluding tert-OH is 1. The topological polar surface area (TPSA) is 98.3 Å². The molecular formula is C7H9N3O2S. The van der Waals surface area contributed by atoms with Crippen LogP contribution in [0.3, 0.4) is 0 Å². The SMILES string of the molecule is Nc1nc2oc(N)c(CCO)c2s1. The Hall–Kier alpha value is -1.27. The largest absolute Gasteiger partial charge is 0.421 e. The fraction of sp³-hybridized carbons (Fsp3) is 0.286. The maximum absolute atomic E-state index is 8.78. The summed E-state index contributed by atoms with van der Waals surface area (Å²) in [5, 5.41) is 9.24. The molecule has 0 amide bonds. The molecular weight excluding hydrogens is 190 g/mol. The van der Waals surface area contributed by atoms with Crippen molar-refractivity contribution < 1.29 is 9.52 Å². The van der Waals surface area contributed by atoms with Crippen LogP contribution in [-0.4, -0.2) is 16.7 Å². The molecule has 0 aliphatic rings. The van der Waals surface area contributed by atoms with Crippen LogP contribution in [0.4, 0.5) is 11.0 Å². The van der Waals surface area contributed by atoms with Crippen LogP contribution in [0, 0.1) is 0 Å². The van der Waals surface area contributed by atoms with Crippen molar-refractivity contribution in [3.63, 3.8) is 0 Å². The van der Waals surface area contributed by atoms with Crippen LogP contribution in [0.5, 0.6) is 0 Å². The zero-order valence-corrected chi connectivity index (χ0v) is 7.60. The van der Waals surface area contributed by atoms with Crippen LogP contribution in [0.15, 0.2) is 4.42 Å². The van der Waals surface area contributed by atoms with Crippen molar-refractivity contribution in [2.75, 3.05) is 18.1 Å². The smallest absolute Gasteiger partial charge is 0.241 e. The first-order chi connectivity index (χ1) is 6.22. The molecule has 13 heavy (non-hydrogen) atoms. The van der Waals surface area contributed by atoms with E-state index < -0.39 is 0 Å². The van der Waals surface area contributed by atoms with Gasteiger partial charge in [0.25, 0.3) is 0 Å². The van der Waals surface area contributed by atoms with Crippen molar-refractivity contribution >= 4 is 32.8 Å². The molecule has 70 valence electrons. The second kappa shape index (κ2) is 2.90. The van der Waals surface area contributed by atoms with E-state index in [-0.39, 0.29) is 6.61 Å². The first-order valence-corrected chi connectivity index (χ1v) is 4.58. The molecule has 0 bridgehead atoms. The van der Waals surface area contributed by atoms with Gasteiger partial charge in [0.2, 0.25) is 5.71 Å². The second-order valence-electron chi connectivity index (χ2n) is 2.60. The van der Waals surface area contributed by atoms with E-state index in [0.29, 0.717) is 23.2 Å². The van der Waals surface area contributed by atoms with E-state index in [1.807, 2.05) is 0 Å². The molecule has 2 rings (SSSR count). The third-order valence-electron chi connectivity index (χ3n) is 1.75. The van der Waals surface area contributed by atoms with Crippen LogP contribution >= 0.6 is 11.3 Å². The lowest BCUT2D eigenvalue weighted by Gasteiger charge is -1.92. The molecule has 0 radical (unpaired) electrons. The molecule has 0 aliphatic heterocycles. The van der Waals surface area contributed by atoms with E-state index >= 15 is 0 Å². The van der Waals surface area contributed by atoms with Gasteiger partial charge in [-0.3, -0.25) is 0 Å². The number of aliphatic hydroxyl groups is 1. The van der Waals surface area contributed by atoms with Crippen molar-refractivity contribution in [1.29, 1.82) is 0 Å². The summed E-state index contributed by atoms with van der Waals surface area (Å²) in [5.41, 5.74) is 12.3. The molecule has 0 aromatic carbocycles. The number of nitrogens with zero attached hydrogens (tertiary/aromatic N) is 1. The lowest BCUT2D eigenvalue weighted by atomic mass is 10.2. The number of anilines is 2. The van der Waals surface area contributed by atoms with E-state index in [0.717, 1.165) is 10.3 Å². The normalized spacial score (nSPS) is 11.2. The van der Waals surface area contributed by atoms with Gasteiger partial charge in [0.15, 0.2) is 11.0 Å². The summed E-state index contributed by atoms with van der Waals surface area (Å²) in [6.45, 7) is 0.0383. The van der Waals surface area contributed by atoms with Gasteiger partial charge in [-0.15, -0.1) is 0 Å². The Morgan fingerprint density at radius 3 is 2.92 bits per heavy atom. The zero-order chi connectivity index (χ0) is 9.42. The van der Waals surface area contributed by atoms with Crippen LogP contribution in [-0.2, 0) is 6.42 Å². The fourth-order valence-corrected chi connectivity index (χ4v) is 2.05. The third kappa shape index (κ3) is 1.24. The summed E-state index contributed by atoms with van der Waals surface area (Å²) in [5.74, 6) is 0.322. The van der Waals surface area contributed by atoms with Gasteiger partial charge in [-0.2, -0.15) is 4.98 Å². The van der Waals surface area contributed by atoms with Gasteiger partial charge >= 0.3 is 0 Å². The van der Waals surface area contributed by atoms with Crippen molar-refractivity contribution in [3.05, 3.63) is 5.56 Å². The van der Waals surface area contributed by atoms with Crippen LogP contribution < -0.4 is 11.5 Å². The van der Waals surface area contributed by atoms with E-state index in [9.17, 15) is 0 Å². The average Bonchev–Trinajstić information content (AvgIpc) is 2.52. The number of furan rings is 1. The quantitative estimate of drug-likeness (QED) is 0.657. The van der Waals surface area contributed by atoms with Crippen molar-refractivity contribution in [2.45, 2.75) is 6.42 Å². The Morgan fingerprint density at radius 1 is 1.46 bits per heavy atom. The summed E-state index contributed by atoms with van der Waals surface area (Å²) >= 11 is 1.32. The minimum atomic E-state index is 0.0383. The predicted molar refractivity (Wildman–Crippen MR) is 51.5 cm³/mol. The van der Waals surface area contributed by atoms with Gasteiger partial charge in [-0.25, -0.2) is 0 Å². The fourth-order valence-electron chi connectivity index (χ4n) is 1.21. The Balaban J connectivity index is 2.61. The molecule has 0 fully saturated rings. The monoisotopic (exact) mass is 199 g/mol. The molecule has 2 heterocycles. The number of hydrogen-bond donors (Lipinski definition) is 3. The number of nitrogen functional groups attached to an aromatic ring is 2.